The Morgan fingerprint density at radius 1 is 1.14 bits per heavy atom. The van der Waals surface area contributed by atoms with Crippen molar-refractivity contribution in [2.45, 2.75) is 19.3 Å². The van der Waals surface area contributed by atoms with Crippen LogP contribution in [-0.4, -0.2) is 17.4 Å². The highest BCUT2D eigenvalue weighted by Gasteiger charge is 2.25. The second-order valence-corrected chi connectivity index (χ2v) is 5.01. The van der Waals surface area contributed by atoms with Gasteiger partial charge < -0.3 is 4.90 Å². The van der Waals surface area contributed by atoms with Gasteiger partial charge in [0.05, 0.1) is 5.56 Å². The van der Waals surface area contributed by atoms with Gasteiger partial charge in [0.1, 0.15) is 0 Å². The zero-order chi connectivity index (χ0) is 14.8. The van der Waals surface area contributed by atoms with Gasteiger partial charge in [-0.25, -0.2) is 9.37 Å². The number of benzene rings is 1. The Balaban J connectivity index is 2.03. The van der Waals surface area contributed by atoms with Gasteiger partial charge in [-0.05, 0) is 37.0 Å². The molecule has 0 unspecified atom stereocenters. The van der Waals surface area contributed by atoms with Crippen LogP contribution in [0.1, 0.15) is 28.8 Å². The van der Waals surface area contributed by atoms with Crippen molar-refractivity contribution >= 4 is 11.6 Å². The third-order valence-corrected chi connectivity index (χ3v) is 3.68. The molecule has 0 saturated heterocycles. The van der Waals surface area contributed by atoms with Gasteiger partial charge in [0.15, 0.2) is 5.82 Å². The number of fused-ring (bicyclic) bond motifs is 1. The molecule has 3 nitrogen and oxygen atoms in total. The zero-order valence-electron chi connectivity index (χ0n) is 11.4. The molecule has 0 N–H and O–H groups in total. The molecule has 0 spiro atoms. The molecule has 1 aromatic carbocycles. The number of rotatable bonds is 1. The van der Waals surface area contributed by atoms with Crippen LogP contribution in [0.3, 0.4) is 0 Å². The molecule has 2 heterocycles. The molecule has 0 radical (unpaired) electrons. The number of hydrogen-bond acceptors (Lipinski definition) is 2. The van der Waals surface area contributed by atoms with E-state index in [1.165, 1.54) is 11.0 Å². The molecule has 0 atom stereocenters. The van der Waals surface area contributed by atoms with Gasteiger partial charge in [-0.2, -0.15) is 4.39 Å². The fourth-order valence-electron chi connectivity index (χ4n) is 2.63. The van der Waals surface area contributed by atoms with Crippen molar-refractivity contribution in [3.8, 4) is 0 Å². The molecule has 1 amide bonds. The Hall–Kier alpha value is -2.30. The molecular weight excluding hydrogens is 274 g/mol. The molecule has 0 aliphatic carbocycles. The van der Waals surface area contributed by atoms with Gasteiger partial charge in [0, 0.05) is 18.4 Å². The van der Waals surface area contributed by atoms with E-state index >= 15 is 0 Å². The van der Waals surface area contributed by atoms with Crippen molar-refractivity contribution in [2.24, 2.45) is 0 Å². The third-order valence-electron chi connectivity index (χ3n) is 3.68. The number of hydrogen-bond donors (Lipinski definition) is 0. The molecule has 108 valence electrons. The summed E-state index contributed by atoms with van der Waals surface area (Å²) in [7, 11) is 0. The second kappa shape index (κ2) is 5.60. The fraction of sp³-hybridized carbons (Fsp3) is 0.250. The summed E-state index contributed by atoms with van der Waals surface area (Å²) in [5.74, 6) is -2.96. The first-order valence-electron chi connectivity index (χ1n) is 6.88. The van der Waals surface area contributed by atoms with E-state index in [-0.39, 0.29) is 5.56 Å². The van der Waals surface area contributed by atoms with Crippen LogP contribution in [-0.2, 0) is 6.42 Å². The summed E-state index contributed by atoms with van der Waals surface area (Å²) in [6.07, 6.45) is 3.78. The van der Waals surface area contributed by atoms with E-state index in [4.69, 9.17) is 0 Å². The molecule has 0 bridgehead atoms. The maximum absolute atomic E-state index is 13.8. The average Bonchev–Trinajstić information content (AvgIpc) is 2.72. The lowest BCUT2D eigenvalue weighted by atomic mass is 10.1. The predicted octanol–water partition coefficient (Wildman–Crippen LogP) is 3.34. The standard InChI is InChI=1S/C16H14F2N2O/c17-14-12(8-9-19-15(14)18)16(21)20-10-4-3-6-11-5-1-2-7-13(11)20/h1-2,5,7-9H,3-4,6,10H2. The van der Waals surface area contributed by atoms with Gasteiger partial charge in [-0.1, -0.05) is 18.2 Å². The maximum Gasteiger partial charge on any atom is 0.261 e. The van der Waals surface area contributed by atoms with Gasteiger partial charge in [0.2, 0.25) is 5.95 Å². The van der Waals surface area contributed by atoms with E-state index in [0.29, 0.717) is 6.54 Å². The number of amides is 1. The van der Waals surface area contributed by atoms with Crippen molar-refractivity contribution in [1.29, 1.82) is 0 Å². The van der Waals surface area contributed by atoms with Crippen LogP contribution in [0.5, 0.6) is 0 Å². The first-order chi connectivity index (χ1) is 10.2. The van der Waals surface area contributed by atoms with Crippen LogP contribution >= 0.6 is 0 Å². The average molecular weight is 288 g/mol. The van der Waals surface area contributed by atoms with Crippen LogP contribution in [0.25, 0.3) is 0 Å². The second-order valence-electron chi connectivity index (χ2n) is 5.01. The first-order valence-corrected chi connectivity index (χ1v) is 6.88. The molecule has 1 aliphatic rings. The van der Waals surface area contributed by atoms with E-state index in [0.717, 1.165) is 36.7 Å². The van der Waals surface area contributed by atoms with Crippen molar-refractivity contribution in [3.05, 3.63) is 59.4 Å². The fourth-order valence-corrected chi connectivity index (χ4v) is 2.63. The van der Waals surface area contributed by atoms with Gasteiger partial charge in [0.25, 0.3) is 5.91 Å². The predicted molar refractivity (Wildman–Crippen MR) is 75.2 cm³/mol. The molecule has 2 aromatic rings. The highest BCUT2D eigenvalue weighted by Crippen LogP contribution is 2.28. The van der Waals surface area contributed by atoms with Crippen LogP contribution in [0.2, 0.25) is 0 Å². The molecule has 1 aromatic heterocycles. The Morgan fingerprint density at radius 2 is 1.95 bits per heavy atom. The molecule has 0 fully saturated rings. The summed E-state index contributed by atoms with van der Waals surface area (Å²) < 4.78 is 27.0. The minimum atomic E-state index is -1.25. The number of aryl methyl sites for hydroxylation is 1. The summed E-state index contributed by atoms with van der Waals surface area (Å²) in [5, 5.41) is 0. The molecule has 5 heteroatoms. The van der Waals surface area contributed by atoms with Crippen LogP contribution in [0, 0.1) is 11.8 Å². The topological polar surface area (TPSA) is 33.2 Å². The largest absolute Gasteiger partial charge is 0.308 e. The van der Waals surface area contributed by atoms with E-state index in [9.17, 15) is 13.6 Å². The SMILES string of the molecule is O=C(c1ccnc(F)c1F)N1CCCCc2ccccc21. The summed E-state index contributed by atoms with van der Waals surface area (Å²) in [6.45, 7) is 0.499. The molecule has 1 aliphatic heterocycles. The summed E-state index contributed by atoms with van der Waals surface area (Å²) in [5.41, 5.74) is 1.55. The number of anilines is 1. The normalized spacial score (nSPS) is 14.5. The summed E-state index contributed by atoms with van der Waals surface area (Å²) >= 11 is 0. The van der Waals surface area contributed by atoms with E-state index in [1.54, 1.807) is 0 Å². The van der Waals surface area contributed by atoms with E-state index in [2.05, 4.69) is 4.98 Å². The van der Waals surface area contributed by atoms with Crippen molar-refractivity contribution < 1.29 is 13.6 Å². The number of halogens is 2. The highest BCUT2D eigenvalue weighted by atomic mass is 19.2. The molecule has 21 heavy (non-hydrogen) atoms. The van der Waals surface area contributed by atoms with E-state index in [1.807, 2.05) is 24.3 Å². The minimum absolute atomic E-state index is 0.279. The Bertz CT molecular complexity index is 688. The lowest BCUT2D eigenvalue weighted by Crippen LogP contribution is -2.32. The summed E-state index contributed by atoms with van der Waals surface area (Å²) in [4.78, 5) is 17.3. The quantitative estimate of drug-likeness (QED) is 0.754. The number of nitrogens with zero attached hydrogens (tertiary/aromatic N) is 2. The number of carbonyl (C=O) groups is 1. The van der Waals surface area contributed by atoms with Crippen LogP contribution in [0.4, 0.5) is 14.5 Å². The van der Waals surface area contributed by atoms with Crippen LogP contribution in [0.15, 0.2) is 36.5 Å². The number of para-hydroxylation sites is 1. The molecule has 0 saturated carbocycles. The third kappa shape index (κ3) is 2.51. The lowest BCUT2D eigenvalue weighted by molar-refractivity contribution is 0.0981. The van der Waals surface area contributed by atoms with E-state index < -0.39 is 17.7 Å². The first kappa shape index (κ1) is 13.7. The Morgan fingerprint density at radius 3 is 2.81 bits per heavy atom. The number of aromatic nitrogens is 1. The van der Waals surface area contributed by atoms with Crippen LogP contribution < -0.4 is 4.90 Å². The smallest absolute Gasteiger partial charge is 0.261 e. The monoisotopic (exact) mass is 288 g/mol. The van der Waals surface area contributed by atoms with Gasteiger partial charge >= 0.3 is 0 Å². The number of carbonyl (C=O) groups excluding carboxylic acids is 1. The lowest BCUT2D eigenvalue weighted by Gasteiger charge is -2.23. The van der Waals surface area contributed by atoms with Crippen molar-refractivity contribution in [1.82, 2.24) is 4.98 Å². The molecule has 3 rings (SSSR count). The summed E-state index contributed by atoms with van der Waals surface area (Å²) in [6, 6.07) is 8.78. The van der Waals surface area contributed by atoms with Gasteiger partial charge in [-0.15, -0.1) is 0 Å². The Kier molecular flexibility index (Phi) is 3.64. The zero-order valence-corrected chi connectivity index (χ0v) is 11.4. The van der Waals surface area contributed by atoms with Gasteiger partial charge in [-0.3, -0.25) is 4.79 Å². The number of pyridine rings is 1. The highest BCUT2D eigenvalue weighted by molar-refractivity contribution is 6.06. The minimum Gasteiger partial charge on any atom is -0.308 e. The van der Waals surface area contributed by atoms with Crippen molar-refractivity contribution in [3.63, 3.8) is 0 Å². The van der Waals surface area contributed by atoms with Crippen molar-refractivity contribution in [2.75, 3.05) is 11.4 Å². The maximum atomic E-state index is 13.8. The Labute approximate surface area is 121 Å². The molecular formula is C16H14F2N2O.